The number of nitrogen functional groups attached to an aromatic ring is 1. The summed E-state index contributed by atoms with van der Waals surface area (Å²) in [5, 5.41) is 0. The van der Waals surface area contributed by atoms with E-state index in [4.69, 9.17) is 10.5 Å². The van der Waals surface area contributed by atoms with Gasteiger partial charge >= 0.3 is 5.97 Å². The number of hydrogen-bond acceptors (Lipinski definition) is 6. The Hall–Kier alpha value is -4.26. The average molecular weight is 440 g/mol. The largest absolute Gasteiger partial charge is 0.452 e. The molecule has 5 rings (SSSR count). The minimum Gasteiger partial charge on any atom is -0.452 e. The van der Waals surface area contributed by atoms with Crippen LogP contribution in [0.5, 0.6) is 0 Å². The number of amides is 1. The molecule has 0 radical (unpaired) electrons. The van der Waals surface area contributed by atoms with Gasteiger partial charge in [0.15, 0.2) is 18.2 Å². The maximum Gasteiger partial charge on any atom is 0.340 e. The number of nitrogens with two attached hydrogens (primary N) is 1. The third-order valence-corrected chi connectivity index (χ3v) is 6.09. The van der Waals surface area contributed by atoms with Crippen LogP contribution in [0.4, 0.5) is 11.4 Å². The minimum absolute atomic E-state index is 0.00978. The van der Waals surface area contributed by atoms with Crippen LogP contribution in [0.3, 0.4) is 0 Å². The molecule has 7 heteroatoms. The number of anilines is 2. The fourth-order valence-electron chi connectivity index (χ4n) is 4.47. The van der Waals surface area contributed by atoms with Gasteiger partial charge in [-0.3, -0.25) is 14.4 Å². The molecule has 3 aromatic carbocycles. The molecule has 0 spiro atoms. The molecule has 3 aromatic rings. The predicted octanol–water partition coefficient (Wildman–Crippen LogP) is 3.18. The second-order valence-electron chi connectivity index (χ2n) is 8.01. The molecule has 0 fully saturated rings. The molecular formula is C26H20N2O5. The Labute approximate surface area is 189 Å². The summed E-state index contributed by atoms with van der Waals surface area (Å²) in [7, 11) is 0. The Morgan fingerprint density at radius 3 is 2.36 bits per heavy atom. The number of esters is 1. The minimum atomic E-state index is -0.826. The highest BCUT2D eigenvalue weighted by Crippen LogP contribution is 2.33. The van der Waals surface area contributed by atoms with Gasteiger partial charge in [-0.05, 0) is 36.6 Å². The van der Waals surface area contributed by atoms with E-state index in [0.29, 0.717) is 12.1 Å². The van der Waals surface area contributed by atoms with Crippen molar-refractivity contribution in [2.45, 2.75) is 12.8 Å². The topological polar surface area (TPSA) is 107 Å². The number of fused-ring (bicyclic) bond motifs is 3. The van der Waals surface area contributed by atoms with Crippen LogP contribution >= 0.6 is 0 Å². The molecule has 0 bridgehead atoms. The highest BCUT2D eigenvalue weighted by molar-refractivity contribution is 6.30. The quantitative estimate of drug-likeness (QED) is 0.387. The molecule has 2 aliphatic rings. The van der Waals surface area contributed by atoms with Crippen LogP contribution < -0.4 is 10.6 Å². The molecule has 0 unspecified atom stereocenters. The molecule has 0 atom stereocenters. The summed E-state index contributed by atoms with van der Waals surface area (Å²) in [6, 6.07) is 16.9. The zero-order chi connectivity index (χ0) is 23.1. The molecule has 1 amide bonds. The lowest BCUT2D eigenvalue weighted by atomic mass is 9.82. The van der Waals surface area contributed by atoms with Gasteiger partial charge in [-0.1, -0.05) is 42.5 Å². The molecule has 1 aliphatic carbocycles. The van der Waals surface area contributed by atoms with Gasteiger partial charge in [0.2, 0.25) is 0 Å². The smallest absolute Gasteiger partial charge is 0.340 e. The normalized spacial score (nSPS) is 14.2. The first-order valence-electron chi connectivity index (χ1n) is 10.6. The van der Waals surface area contributed by atoms with Gasteiger partial charge in [-0.15, -0.1) is 0 Å². The summed E-state index contributed by atoms with van der Waals surface area (Å²) < 4.78 is 5.26. The van der Waals surface area contributed by atoms with Crippen molar-refractivity contribution >= 4 is 34.8 Å². The fraction of sp³-hybridized carbons (Fsp3) is 0.154. The van der Waals surface area contributed by atoms with E-state index in [1.165, 1.54) is 12.1 Å². The number of ether oxygens (including phenoxy) is 1. The van der Waals surface area contributed by atoms with Crippen LogP contribution in [0.25, 0.3) is 0 Å². The van der Waals surface area contributed by atoms with Crippen molar-refractivity contribution in [1.82, 2.24) is 0 Å². The van der Waals surface area contributed by atoms with E-state index < -0.39 is 18.4 Å². The van der Waals surface area contributed by atoms with E-state index >= 15 is 0 Å². The van der Waals surface area contributed by atoms with Gasteiger partial charge in [-0.2, -0.15) is 0 Å². The van der Waals surface area contributed by atoms with Gasteiger partial charge < -0.3 is 15.4 Å². The van der Waals surface area contributed by atoms with E-state index in [2.05, 4.69) is 0 Å². The van der Waals surface area contributed by atoms with Crippen molar-refractivity contribution in [1.29, 1.82) is 0 Å². The third-order valence-electron chi connectivity index (χ3n) is 6.09. The zero-order valence-corrected chi connectivity index (χ0v) is 17.7. The van der Waals surface area contributed by atoms with E-state index in [0.717, 1.165) is 24.1 Å². The Balaban J connectivity index is 1.37. The number of carbonyl (C=O) groups excluding carboxylic acids is 4. The molecule has 33 heavy (non-hydrogen) atoms. The predicted molar refractivity (Wildman–Crippen MR) is 122 cm³/mol. The van der Waals surface area contributed by atoms with Gasteiger partial charge in [0.05, 0.1) is 16.8 Å². The third kappa shape index (κ3) is 3.38. The van der Waals surface area contributed by atoms with E-state index in [-0.39, 0.29) is 39.6 Å². The van der Waals surface area contributed by atoms with Gasteiger partial charge in [-0.25, -0.2) is 4.79 Å². The summed E-state index contributed by atoms with van der Waals surface area (Å²) >= 11 is 0. The maximum absolute atomic E-state index is 13.0. The lowest BCUT2D eigenvalue weighted by Gasteiger charge is -2.29. The molecule has 0 aromatic heterocycles. The molecule has 164 valence electrons. The van der Waals surface area contributed by atoms with Crippen molar-refractivity contribution in [2.24, 2.45) is 0 Å². The van der Waals surface area contributed by atoms with Crippen LogP contribution in [0, 0.1) is 0 Å². The molecule has 1 heterocycles. The Morgan fingerprint density at radius 2 is 1.58 bits per heavy atom. The van der Waals surface area contributed by atoms with E-state index in [9.17, 15) is 19.2 Å². The molecule has 0 saturated carbocycles. The molecule has 0 saturated heterocycles. The standard InChI is InChI=1S/C26H20N2O5/c27-23-19(12-11-18-22(23)25(31)17-9-3-2-8-16(17)24(18)30)26(32)33-14-21(29)28-13-5-7-15-6-1-4-10-20(15)28/h1-4,6,8-12H,5,7,13-14,27H2. The van der Waals surface area contributed by atoms with Crippen molar-refractivity contribution < 1.29 is 23.9 Å². The van der Waals surface area contributed by atoms with Crippen LogP contribution in [0.1, 0.15) is 54.2 Å². The maximum atomic E-state index is 13.0. The highest BCUT2D eigenvalue weighted by Gasteiger charge is 2.33. The first-order valence-corrected chi connectivity index (χ1v) is 10.6. The molecule has 7 nitrogen and oxygen atoms in total. The SMILES string of the molecule is Nc1c(C(=O)OCC(=O)N2CCCc3ccccc32)ccc2c1C(=O)c1ccccc1C2=O. The number of para-hydroxylation sites is 1. The van der Waals surface area contributed by atoms with E-state index in [1.807, 2.05) is 24.3 Å². The summed E-state index contributed by atoms with van der Waals surface area (Å²) in [5.41, 5.74) is 8.56. The summed E-state index contributed by atoms with van der Waals surface area (Å²) in [4.78, 5) is 52.9. The number of aryl methyl sites for hydroxylation is 1. The molecular weight excluding hydrogens is 420 g/mol. The molecule has 1 aliphatic heterocycles. The second kappa shape index (κ2) is 8.02. The van der Waals surface area contributed by atoms with Crippen LogP contribution in [-0.4, -0.2) is 36.6 Å². The van der Waals surface area contributed by atoms with Crippen molar-refractivity contribution in [3.8, 4) is 0 Å². The Bertz CT molecular complexity index is 1340. The zero-order valence-electron chi connectivity index (χ0n) is 17.7. The molecule has 2 N–H and O–H groups in total. The lowest BCUT2D eigenvalue weighted by Crippen LogP contribution is -2.38. The number of benzene rings is 3. The van der Waals surface area contributed by atoms with E-state index in [1.54, 1.807) is 29.2 Å². The van der Waals surface area contributed by atoms with Gasteiger partial charge in [0.25, 0.3) is 5.91 Å². The number of rotatable bonds is 3. The summed E-state index contributed by atoms with van der Waals surface area (Å²) in [5.74, 6) is -1.92. The number of nitrogens with zero attached hydrogens (tertiary/aromatic N) is 1. The van der Waals surface area contributed by atoms with Gasteiger partial charge in [0, 0.05) is 28.9 Å². The van der Waals surface area contributed by atoms with Crippen LogP contribution in [-0.2, 0) is 16.0 Å². The van der Waals surface area contributed by atoms with Crippen LogP contribution in [0.15, 0.2) is 60.7 Å². The fourth-order valence-corrected chi connectivity index (χ4v) is 4.47. The number of hydrogen-bond donors (Lipinski definition) is 1. The second-order valence-corrected chi connectivity index (χ2v) is 8.01. The highest BCUT2D eigenvalue weighted by atomic mass is 16.5. The summed E-state index contributed by atoms with van der Waals surface area (Å²) in [6.07, 6.45) is 1.72. The van der Waals surface area contributed by atoms with Crippen molar-refractivity contribution in [3.63, 3.8) is 0 Å². The monoisotopic (exact) mass is 440 g/mol. The summed E-state index contributed by atoms with van der Waals surface area (Å²) in [6.45, 7) is 0.0871. The van der Waals surface area contributed by atoms with Crippen molar-refractivity contribution in [3.05, 3.63) is 94.0 Å². The first-order chi connectivity index (χ1) is 16.0. The average Bonchev–Trinajstić information content (AvgIpc) is 2.85. The first kappa shape index (κ1) is 20.6. The lowest BCUT2D eigenvalue weighted by molar-refractivity contribution is -0.121. The Kier molecular flexibility index (Phi) is 5.01. The van der Waals surface area contributed by atoms with Crippen molar-refractivity contribution in [2.75, 3.05) is 23.8 Å². The number of carbonyl (C=O) groups is 4. The Morgan fingerprint density at radius 1 is 0.879 bits per heavy atom. The number of ketones is 2. The van der Waals surface area contributed by atoms with Crippen LogP contribution in [0.2, 0.25) is 0 Å². The van der Waals surface area contributed by atoms with Gasteiger partial charge in [0.1, 0.15) is 0 Å².